The third-order valence-corrected chi connectivity index (χ3v) is 8.14. The second-order valence-corrected chi connectivity index (χ2v) is 10.9. The molecule has 0 spiro atoms. The third kappa shape index (κ3) is 6.67. The molecule has 1 N–H and O–H groups in total. The molecule has 1 saturated heterocycles. The summed E-state index contributed by atoms with van der Waals surface area (Å²) in [6, 6.07) is 25.6. The number of ether oxygens (including phenoxy) is 2. The zero-order valence-corrected chi connectivity index (χ0v) is 25.5. The van der Waals surface area contributed by atoms with Gasteiger partial charge in [0.1, 0.15) is 5.54 Å². The Morgan fingerprint density at radius 3 is 2.21 bits per heavy atom. The molecule has 3 aromatic carbocycles. The van der Waals surface area contributed by atoms with Gasteiger partial charge in [-0.3, -0.25) is 9.69 Å². The summed E-state index contributed by atoms with van der Waals surface area (Å²) < 4.78 is 11.0. The van der Waals surface area contributed by atoms with E-state index in [4.69, 9.17) is 9.47 Å². The van der Waals surface area contributed by atoms with Gasteiger partial charge in [0.15, 0.2) is 5.78 Å². The van der Waals surface area contributed by atoms with Gasteiger partial charge < -0.3 is 24.6 Å². The molecule has 2 unspecified atom stereocenters. The standard InChI is InChI=1S/C34H44N4O4/c1-6-42-33(40)29-14-10-11-15-30(29)37(5)32(27-16-18-28(19-17-27)38-20-22-41-23-21-38)34(36(3)4,31(39)25-35-2)24-26-12-8-7-9-13-26/h7-19,32,35H,6,20-25H2,1-5H3. The van der Waals surface area contributed by atoms with Crippen LogP contribution in [-0.2, 0) is 20.7 Å². The Labute approximate surface area is 250 Å². The van der Waals surface area contributed by atoms with Crippen molar-refractivity contribution in [3.8, 4) is 0 Å². The Bertz CT molecular complexity index is 1310. The molecule has 4 rings (SSSR count). The smallest absolute Gasteiger partial charge is 0.340 e. The number of nitrogens with one attached hydrogen (secondary N) is 1. The van der Waals surface area contributed by atoms with E-state index in [9.17, 15) is 9.59 Å². The van der Waals surface area contributed by atoms with E-state index < -0.39 is 11.6 Å². The van der Waals surface area contributed by atoms with Crippen LogP contribution in [0.1, 0.15) is 34.5 Å². The average molecular weight is 573 g/mol. The normalized spacial score (nSPS) is 15.6. The summed E-state index contributed by atoms with van der Waals surface area (Å²) in [6.07, 6.45) is 0.475. The Kier molecular flexibility index (Phi) is 10.7. The van der Waals surface area contributed by atoms with E-state index in [1.807, 2.05) is 62.4 Å². The van der Waals surface area contributed by atoms with Crippen molar-refractivity contribution in [2.24, 2.45) is 0 Å². The van der Waals surface area contributed by atoms with Crippen LogP contribution in [0.2, 0.25) is 0 Å². The van der Waals surface area contributed by atoms with Gasteiger partial charge >= 0.3 is 5.97 Å². The van der Waals surface area contributed by atoms with Gasteiger partial charge in [-0.15, -0.1) is 0 Å². The van der Waals surface area contributed by atoms with Gasteiger partial charge in [0.2, 0.25) is 0 Å². The van der Waals surface area contributed by atoms with Crippen LogP contribution in [0.25, 0.3) is 0 Å². The SMILES string of the molecule is CCOC(=O)c1ccccc1N(C)C(c1ccc(N2CCOCC2)cc1)C(Cc1ccccc1)(C(=O)CNC)N(C)C. The highest BCUT2D eigenvalue weighted by Gasteiger charge is 2.50. The van der Waals surface area contributed by atoms with E-state index in [2.05, 4.69) is 51.5 Å². The van der Waals surface area contributed by atoms with Crippen LogP contribution in [0.3, 0.4) is 0 Å². The first kappa shape index (κ1) is 31.2. The number of para-hydroxylation sites is 1. The fourth-order valence-corrected chi connectivity index (χ4v) is 6.03. The van der Waals surface area contributed by atoms with E-state index >= 15 is 0 Å². The van der Waals surface area contributed by atoms with Crippen molar-refractivity contribution in [3.05, 3.63) is 95.6 Å². The molecule has 0 aromatic heterocycles. The first-order valence-electron chi connectivity index (χ1n) is 14.6. The van der Waals surface area contributed by atoms with Crippen LogP contribution in [0.4, 0.5) is 11.4 Å². The quantitative estimate of drug-likeness (QED) is 0.306. The predicted molar refractivity (Wildman–Crippen MR) is 169 cm³/mol. The predicted octanol–water partition coefficient (Wildman–Crippen LogP) is 4.21. The summed E-state index contributed by atoms with van der Waals surface area (Å²) in [5, 5.41) is 3.11. The summed E-state index contributed by atoms with van der Waals surface area (Å²) in [7, 11) is 7.70. The lowest BCUT2D eigenvalue weighted by atomic mass is 9.74. The number of carbonyl (C=O) groups excluding carboxylic acids is 2. The second kappa shape index (κ2) is 14.4. The highest BCUT2D eigenvalue weighted by molar-refractivity contribution is 5.97. The number of anilines is 2. The number of carbonyl (C=O) groups is 2. The molecule has 1 fully saturated rings. The molecule has 0 amide bonds. The zero-order valence-electron chi connectivity index (χ0n) is 25.5. The molecule has 0 bridgehead atoms. The van der Waals surface area contributed by atoms with Crippen molar-refractivity contribution < 1.29 is 19.1 Å². The molecule has 42 heavy (non-hydrogen) atoms. The zero-order chi connectivity index (χ0) is 30.1. The maximum absolute atomic E-state index is 14.5. The molecule has 0 aliphatic carbocycles. The molecule has 3 aromatic rings. The maximum Gasteiger partial charge on any atom is 0.340 e. The minimum Gasteiger partial charge on any atom is -0.462 e. The maximum atomic E-state index is 14.5. The Morgan fingerprint density at radius 2 is 1.60 bits per heavy atom. The van der Waals surface area contributed by atoms with Gasteiger partial charge in [0.25, 0.3) is 0 Å². The number of hydrogen-bond donors (Lipinski definition) is 1. The number of ketones is 1. The number of rotatable bonds is 13. The van der Waals surface area contributed by atoms with E-state index in [0.29, 0.717) is 30.9 Å². The van der Waals surface area contributed by atoms with Gasteiger partial charge in [-0.25, -0.2) is 4.79 Å². The lowest BCUT2D eigenvalue weighted by Gasteiger charge is -2.49. The van der Waals surface area contributed by atoms with E-state index in [1.165, 1.54) is 0 Å². The minimum atomic E-state index is -0.999. The number of hydrogen-bond acceptors (Lipinski definition) is 8. The van der Waals surface area contributed by atoms with Crippen LogP contribution in [0.15, 0.2) is 78.9 Å². The molecule has 1 heterocycles. The molecule has 0 saturated carbocycles. The van der Waals surface area contributed by atoms with Gasteiger partial charge in [-0.05, 0) is 63.5 Å². The van der Waals surface area contributed by atoms with E-state index in [-0.39, 0.29) is 24.9 Å². The lowest BCUT2D eigenvalue weighted by molar-refractivity contribution is -0.130. The summed E-state index contributed by atoms with van der Waals surface area (Å²) in [5.74, 6) is -0.331. The third-order valence-electron chi connectivity index (χ3n) is 8.14. The summed E-state index contributed by atoms with van der Waals surface area (Å²) in [4.78, 5) is 34.0. The minimum absolute atomic E-state index is 0.0570. The molecule has 8 heteroatoms. The van der Waals surface area contributed by atoms with Crippen molar-refractivity contribution in [1.82, 2.24) is 10.2 Å². The van der Waals surface area contributed by atoms with Crippen molar-refractivity contribution >= 4 is 23.1 Å². The lowest BCUT2D eigenvalue weighted by Crippen LogP contribution is -2.62. The monoisotopic (exact) mass is 572 g/mol. The number of Topliss-reactive ketones (excluding diaryl/α,β-unsaturated/α-hetero) is 1. The first-order chi connectivity index (χ1) is 20.3. The van der Waals surface area contributed by atoms with Gasteiger partial charge in [-0.2, -0.15) is 0 Å². The highest BCUT2D eigenvalue weighted by atomic mass is 16.5. The molecule has 1 aliphatic rings. The molecular weight excluding hydrogens is 528 g/mol. The molecule has 2 atom stereocenters. The van der Waals surface area contributed by atoms with Gasteiger partial charge in [0, 0.05) is 32.2 Å². The fourth-order valence-electron chi connectivity index (χ4n) is 6.03. The number of esters is 1. The fraction of sp³-hybridized carbons (Fsp3) is 0.412. The number of likely N-dealkylation sites (N-methyl/N-ethyl adjacent to an activating group) is 3. The molecular formula is C34H44N4O4. The Balaban J connectivity index is 1.92. The molecule has 0 radical (unpaired) electrons. The average Bonchev–Trinajstić information content (AvgIpc) is 3.02. The second-order valence-electron chi connectivity index (χ2n) is 10.9. The van der Waals surface area contributed by atoms with Crippen LogP contribution >= 0.6 is 0 Å². The first-order valence-corrected chi connectivity index (χ1v) is 14.6. The molecule has 224 valence electrons. The van der Waals surface area contributed by atoms with Crippen molar-refractivity contribution in [2.45, 2.75) is 24.9 Å². The van der Waals surface area contributed by atoms with Crippen molar-refractivity contribution in [3.63, 3.8) is 0 Å². The number of morpholine rings is 1. The number of benzene rings is 3. The van der Waals surface area contributed by atoms with Gasteiger partial charge in [-0.1, -0.05) is 54.6 Å². The Morgan fingerprint density at radius 1 is 0.952 bits per heavy atom. The molecule has 8 nitrogen and oxygen atoms in total. The van der Waals surface area contributed by atoms with Crippen LogP contribution in [-0.4, -0.2) is 89.8 Å². The van der Waals surface area contributed by atoms with Crippen LogP contribution < -0.4 is 15.1 Å². The van der Waals surface area contributed by atoms with Crippen LogP contribution in [0.5, 0.6) is 0 Å². The summed E-state index contributed by atoms with van der Waals surface area (Å²) in [6.45, 7) is 5.36. The van der Waals surface area contributed by atoms with Crippen molar-refractivity contribution in [1.29, 1.82) is 0 Å². The number of nitrogens with zero attached hydrogens (tertiary/aromatic N) is 3. The summed E-state index contributed by atoms with van der Waals surface area (Å²) in [5.41, 5.74) is 3.32. The van der Waals surface area contributed by atoms with Gasteiger partial charge in [0.05, 0.1) is 43.7 Å². The topological polar surface area (TPSA) is 74.3 Å². The molecule has 1 aliphatic heterocycles. The van der Waals surface area contributed by atoms with E-state index in [1.54, 1.807) is 20.0 Å². The van der Waals surface area contributed by atoms with E-state index in [0.717, 1.165) is 29.9 Å². The summed E-state index contributed by atoms with van der Waals surface area (Å²) >= 11 is 0. The largest absolute Gasteiger partial charge is 0.462 e. The Hall–Kier alpha value is -3.72. The highest BCUT2D eigenvalue weighted by Crippen LogP contribution is 2.42. The van der Waals surface area contributed by atoms with Crippen molar-refractivity contribution in [2.75, 3.05) is 77.4 Å². The van der Waals surface area contributed by atoms with Crippen LogP contribution in [0, 0.1) is 0 Å².